The summed E-state index contributed by atoms with van der Waals surface area (Å²) >= 11 is 0. The Morgan fingerprint density at radius 2 is 1.86 bits per heavy atom. The van der Waals surface area contributed by atoms with E-state index in [-0.39, 0.29) is 18.0 Å². The summed E-state index contributed by atoms with van der Waals surface area (Å²) in [5.74, 6) is -1.26. The van der Waals surface area contributed by atoms with E-state index in [0.717, 1.165) is 5.56 Å². The first kappa shape index (κ1) is 17.6. The number of methoxy groups -OCH3 is 1. The maximum Gasteiger partial charge on any atom is 0.306 e. The number of benzene rings is 1. The van der Waals surface area contributed by atoms with Crippen molar-refractivity contribution in [3.8, 4) is 0 Å². The fourth-order valence-electron chi connectivity index (χ4n) is 1.93. The Bertz CT molecular complexity index is 566. The molecule has 0 bridgehead atoms. The number of esters is 1. The lowest BCUT2D eigenvalue weighted by molar-refractivity contribution is -0.384. The smallest absolute Gasteiger partial charge is 0.306 e. The van der Waals surface area contributed by atoms with Gasteiger partial charge in [-0.25, -0.2) is 0 Å². The minimum Gasteiger partial charge on any atom is -0.469 e. The van der Waals surface area contributed by atoms with Crippen molar-refractivity contribution in [1.29, 1.82) is 0 Å². The van der Waals surface area contributed by atoms with Gasteiger partial charge in [0.15, 0.2) is 0 Å². The zero-order chi connectivity index (χ0) is 16.9. The van der Waals surface area contributed by atoms with Crippen LogP contribution in [0, 0.1) is 16.0 Å². The number of nitro groups is 1. The normalized spacial score (nSPS) is 12.4. The third-order valence-electron chi connectivity index (χ3n) is 3.38. The summed E-state index contributed by atoms with van der Waals surface area (Å²) in [6.07, 6.45) is -0.00131. The number of hydrogen-bond acceptors (Lipinski definition) is 5. The van der Waals surface area contributed by atoms with Crippen molar-refractivity contribution in [2.24, 2.45) is 5.92 Å². The summed E-state index contributed by atoms with van der Waals surface area (Å²) in [5, 5.41) is 13.5. The first-order valence-corrected chi connectivity index (χ1v) is 6.81. The van der Waals surface area contributed by atoms with Crippen molar-refractivity contribution in [2.75, 3.05) is 7.11 Å². The molecule has 0 aliphatic carbocycles. The topological polar surface area (TPSA) is 98.5 Å². The van der Waals surface area contributed by atoms with Gasteiger partial charge in [0, 0.05) is 18.1 Å². The third kappa shape index (κ3) is 4.54. The Morgan fingerprint density at radius 3 is 2.32 bits per heavy atom. The molecule has 120 valence electrons. The van der Waals surface area contributed by atoms with Crippen molar-refractivity contribution in [1.82, 2.24) is 5.32 Å². The highest BCUT2D eigenvalue weighted by molar-refractivity contribution is 5.84. The first-order valence-electron chi connectivity index (χ1n) is 6.81. The van der Waals surface area contributed by atoms with Crippen molar-refractivity contribution >= 4 is 17.6 Å². The highest BCUT2D eigenvalue weighted by atomic mass is 16.6. The number of carbonyl (C=O) groups is 2. The van der Waals surface area contributed by atoms with Crippen molar-refractivity contribution < 1.29 is 19.2 Å². The van der Waals surface area contributed by atoms with Gasteiger partial charge < -0.3 is 10.1 Å². The number of ether oxygens (including phenoxy) is 1. The number of non-ortho nitro benzene ring substituents is 1. The second kappa shape index (κ2) is 7.02. The van der Waals surface area contributed by atoms with E-state index in [9.17, 15) is 19.7 Å². The van der Waals surface area contributed by atoms with Gasteiger partial charge in [0.1, 0.15) is 0 Å². The van der Waals surface area contributed by atoms with Gasteiger partial charge in [-0.1, -0.05) is 6.92 Å². The lowest BCUT2D eigenvalue weighted by Gasteiger charge is -2.28. The minimum atomic E-state index is -0.712. The second-order valence-corrected chi connectivity index (χ2v) is 5.60. The summed E-state index contributed by atoms with van der Waals surface area (Å²) in [6, 6.07) is 5.98. The number of rotatable bonds is 6. The van der Waals surface area contributed by atoms with Crippen molar-refractivity contribution in [2.45, 2.75) is 32.7 Å². The summed E-state index contributed by atoms with van der Waals surface area (Å²) in [5.41, 5.74) is 0.0120. The van der Waals surface area contributed by atoms with E-state index in [1.165, 1.54) is 19.2 Å². The fourth-order valence-corrected chi connectivity index (χ4v) is 1.93. The van der Waals surface area contributed by atoms with Crippen LogP contribution in [0.4, 0.5) is 5.69 Å². The summed E-state index contributed by atoms with van der Waals surface area (Å²) in [7, 11) is 1.27. The molecule has 0 aliphatic rings. The van der Waals surface area contributed by atoms with E-state index in [1.807, 2.05) is 0 Å². The lowest BCUT2D eigenvalue weighted by atomic mass is 9.93. The van der Waals surface area contributed by atoms with Crippen LogP contribution in [-0.4, -0.2) is 23.9 Å². The molecule has 1 unspecified atom stereocenters. The molecule has 1 rings (SSSR count). The molecule has 0 aliphatic heterocycles. The predicted octanol–water partition coefficient (Wildman–Crippen LogP) is 2.15. The number of carbonyl (C=O) groups excluding carboxylic acids is 2. The predicted molar refractivity (Wildman–Crippen MR) is 80.1 cm³/mol. The number of hydrogen-bond donors (Lipinski definition) is 1. The largest absolute Gasteiger partial charge is 0.469 e. The molecule has 1 aromatic rings. The van der Waals surface area contributed by atoms with Crippen molar-refractivity contribution in [3.05, 3.63) is 39.9 Å². The zero-order valence-corrected chi connectivity index (χ0v) is 13.1. The van der Waals surface area contributed by atoms with Gasteiger partial charge >= 0.3 is 5.97 Å². The van der Waals surface area contributed by atoms with Crippen molar-refractivity contribution in [3.63, 3.8) is 0 Å². The van der Waals surface area contributed by atoms with E-state index in [0.29, 0.717) is 0 Å². The van der Waals surface area contributed by atoms with Crippen LogP contribution >= 0.6 is 0 Å². The molecule has 1 amide bonds. The summed E-state index contributed by atoms with van der Waals surface area (Å²) in [4.78, 5) is 33.5. The van der Waals surface area contributed by atoms with Crippen LogP contribution in [0.5, 0.6) is 0 Å². The fraction of sp³-hybridized carbons (Fsp3) is 0.467. The molecule has 0 heterocycles. The third-order valence-corrected chi connectivity index (χ3v) is 3.38. The SMILES string of the molecule is COC(=O)CC(C)C(=O)NC(C)(C)c1ccc([N+](=O)[O-])cc1. The molecule has 7 nitrogen and oxygen atoms in total. The molecule has 1 aromatic carbocycles. The highest BCUT2D eigenvalue weighted by Gasteiger charge is 2.27. The van der Waals surface area contributed by atoms with E-state index >= 15 is 0 Å². The van der Waals surface area contributed by atoms with Crippen LogP contribution in [0.25, 0.3) is 0 Å². The molecular formula is C15H20N2O5. The summed E-state index contributed by atoms with van der Waals surface area (Å²) < 4.78 is 4.54. The lowest BCUT2D eigenvalue weighted by Crippen LogP contribution is -2.43. The molecular weight excluding hydrogens is 288 g/mol. The Morgan fingerprint density at radius 1 is 1.32 bits per heavy atom. The molecule has 0 aromatic heterocycles. The van der Waals surface area contributed by atoms with Gasteiger partial charge in [0.2, 0.25) is 5.91 Å². The van der Waals surface area contributed by atoms with Gasteiger partial charge in [0.05, 0.1) is 24.0 Å². The van der Waals surface area contributed by atoms with E-state index in [2.05, 4.69) is 10.1 Å². The molecule has 0 saturated heterocycles. The van der Waals surface area contributed by atoms with E-state index < -0.39 is 22.3 Å². The molecule has 0 saturated carbocycles. The molecule has 0 fully saturated rings. The Labute approximate surface area is 128 Å². The van der Waals surface area contributed by atoms with Crippen LogP contribution in [0.2, 0.25) is 0 Å². The molecule has 0 spiro atoms. The number of nitro benzene ring substituents is 1. The highest BCUT2D eigenvalue weighted by Crippen LogP contribution is 2.23. The van der Waals surface area contributed by atoms with Gasteiger partial charge in [0.25, 0.3) is 5.69 Å². The van der Waals surface area contributed by atoms with Crippen LogP contribution in [0.3, 0.4) is 0 Å². The maximum absolute atomic E-state index is 12.1. The number of nitrogens with one attached hydrogen (secondary N) is 1. The van der Waals surface area contributed by atoms with Crippen LogP contribution in [-0.2, 0) is 19.9 Å². The Hall–Kier alpha value is -2.44. The van der Waals surface area contributed by atoms with Crippen LogP contribution < -0.4 is 5.32 Å². The van der Waals surface area contributed by atoms with Gasteiger partial charge in [-0.2, -0.15) is 0 Å². The zero-order valence-electron chi connectivity index (χ0n) is 13.1. The minimum absolute atomic E-state index is 0.00131. The second-order valence-electron chi connectivity index (χ2n) is 5.60. The molecule has 0 radical (unpaired) electrons. The van der Waals surface area contributed by atoms with Gasteiger partial charge in [-0.05, 0) is 31.5 Å². The quantitative estimate of drug-likeness (QED) is 0.493. The monoisotopic (exact) mass is 308 g/mol. The van der Waals surface area contributed by atoms with Gasteiger partial charge in [-0.15, -0.1) is 0 Å². The van der Waals surface area contributed by atoms with Crippen LogP contribution in [0.15, 0.2) is 24.3 Å². The molecule has 1 atom stereocenters. The average Bonchev–Trinajstić information content (AvgIpc) is 2.46. The van der Waals surface area contributed by atoms with E-state index in [1.54, 1.807) is 32.9 Å². The average molecular weight is 308 g/mol. The maximum atomic E-state index is 12.1. The standard InChI is InChI=1S/C15H20N2O5/c1-10(9-13(18)22-4)14(19)16-15(2,3)11-5-7-12(8-6-11)17(20)21/h5-8,10H,9H2,1-4H3,(H,16,19). The molecule has 7 heteroatoms. The molecule has 22 heavy (non-hydrogen) atoms. The number of nitrogens with zero attached hydrogens (tertiary/aromatic N) is 1. The van der Waals surface area contributed by atoms with E-state index in [4.69, 9.17) is 0 Å². The Kier molecular flexibility index (Phi) is 5.62. The molecule has 1 N–H and O–H groups in total. The Balaban J connectivity index is 2.79. The number of amides is 1. The van der Waals surface area contributed by atoms with Crippen LogP contribution in [0.1, 0.15) is 32.8 Å². The first-order chi connectivity index (χ1) is 10.2. The van der Waals surface area contributed by atoms with Gasteiger partial charge in [-0.3, -0.25) is 19.7 Å². The summed E-state index contributed by atoms with van der Waals surface area (Å²) in [6.45, 7) is 5.21.